The summed E-state index contributed by atoms with van der Waals surface area (Å²) in [6, 6.07) is 7.21. The van der Waals surface area contributed by atoms with Crippen molar-refractivity contribution in [3.63, 3.8) is 0 Å². The molecule has 1 heterocycles. The molecule has 0 aliphatic heterocycles. The van der Waals surface area contributed by atoms with Crippen LogP contribution in [0.5, 0.6) is 0 Å². The Morgan fingerprint density at radius 2 is 1.83 bits per heavy atom. The highest BCUT2D eigenvalue weighted by molar-refractivity contribution is 14.0. The zero-order valence-electron chi connectivity index (χ0n) is 17.1. The monoisotopic (exact) mass is 556 g/mol. The van der Waals surface area contributed by atoms with E-state index in [9.17, 15) is 13.2 Å². The largest absolute Gasteiger partial charge is 0.411 e. The first kappa shape index (κ1) is 26.6. The van der Waals surface area contributed by atoms with Crippen LogP contribution in [-0.2, 0) is 30.7 Å². The third kappa shape index (κ3) is 10.6. The van der Waals surface area contributed by atoms with Crippen LogP contribution in [0.1, 0.15) is 35.7 Å². The maximum absolute atomic E-state index is 12.1. The highest BCUT2D eigenvalue weighted by atomic mass is 127. The zero-order chi connectivity index (χ0) is 21.1. The van der Waals surface area contributed by atoms with Gasteiger partial charge in [0.2, 0.25) is 0 Å². The summed E-state index contributed by atoms with van der Waals surface area (Å²) in [5, 5.41) is 9.73. The molecule has 0 bridgehead atoms. The molecule has 168 valence electrons. The van der Waals surface area contributed by atoms with Gasteiger partial charge in [-0.15, -0.1) is 35.3 Å². The fourth-order valence-corrected chi connectivity index (χ4v) is 3.25. The van der Waals surface area contributed by atoms with Crippen LogP contribution < -0.4 is 10.6 Å². The van der Waals surface area contributed by atoms with Crippen molar-refractivity contribution in [3.8, 4) is 0 Å². The maximum atomic E-state index is 12.1. The molecule has 0 radical (unpaired) electrons. The average molecular weight is 556 g/mol. The molecule has 0 atom stereocenters. The number of guanidine groups is 1. The topological polar surface area (TPSA) is 58.5 Å². The molecule has 0 aliphatic carbocycles. The summed E-state index contributed by atoms with van der Waals surface area (Å²) >= 11 is 1.68. The molecule has 0 saturated heterocycles. The Balaban J connectivity index is 0.00000450. The van der Waals surface area contributed by atoms with Crippen molar-refractivity contribution in [1.82, 2.24) is 15.6 Å². The van der Waals surface area contributed by atoms with Crippen molar-refractivity contribution >= 4 is 41.3 Å². The van der Waals surface area contributed by atoms with E-state index in [2.05, 4.69) is 37.7 Å². The second-order valence-electron chi connectivity index (χ2n) is 6.38. The SMILES string of the molecule is CCNC(=NCc1ccc(COCC(F)(F)F)cc1)NCCc1csc(CC)n1.I. The van der Waals surface area contributed by atoms with E-state index in [1.165, 1.54) is 0 Å². The Morgan fingerprint density at radius 3 is 2.43 bits per heavy atom. The molecule has 2 aromatic rings. The smallest absolute Gasteiger partial charge is 0.367 e. The predicted octanol–water partition coefficient (Wildman–Crippen LogP) is 4.70. The lowest BCUT2D eigenvalue weighted by atomic mass is 10.1. The van der Waals surface area contributed by atoms with Gasteiger partial charge in [-0.2, -0.15) is 13.2 Å². The van der Waals surface area contributed by atoms with E-state index in [4.69, 9.17) is 0 Å². The van der Waals surface area contributed by atoms with E-state index in [0.717, 1.165) is 48.2 Å². The first-order chi connectivity index (χ1) is 13.9. The lowest BCUT2D eigenvalue weighted by Gasteiger charge is -2.11. The van der Waals surface area contributed by atoms with Crippen molar-refractivity contribution in [1.29, 1.82) is 0 Å². The van der Waals surface area contributed by atoms with Crippen molar-refractivity contribution in [2.45, 2.75) is 46.0 Å². The molecular weight excluding hydrogens is 528 g/mol. The van der Waals surface area contributed by atoms with Crippen LogP contribution in [0.15, 0.2) is 34.6 Å². The number of aryl methyl sites for hydroxylation is 1. The van der Waals surface area contributed by atoms with Gasteiger partial charge in [0.25, 0.3) is 0 Å². The number of nitrogens with zero attached hydrogens (tertiary/aromatic N) is 2. The zero-order valence-corrected chi connectivity index (χ0v) is 20.2. The number of thiazole rings is 1. The Hall–Kier alpha value is -1.40. The Bertz CT molecular complexity index is 766. The van der Waals surface area contributed by atoms with Crippen LogP contribution in [0.3, 0.4) is 0 Å². The molecule has 0 unspecified atom stereocenters. The van der Waals surface area contributed by atoms with E-state index in [0.29, 0.717) is 12.1 Å². The average Bonchev–Trinajstić information content (AvgIpc) is 3.14. The van der Waals surface area contributed by atoms with E-state index in [1.54, 1.807) is 23.5 Å². The van der Waals surface area contributed by atoms with E-state index in [-0.39, 0.29) is 30.6 Å². The number of aromatic nitrogens is 1. The summed E-state index contributed by atoms with van der Waals surface area (Å²) in [6.07, 6.45) is -2.52. The summed E-state index contributed by atoms with van der Waals surface area (Å²) in [5.41, 5.74) is 2.74. The molecule has 5 nitrogen and oxygen atoms in total. The Morgan fingerprint density at radius 1 is 1.13 bits per heavy atom. The van der Waals surface area contributed by atoms with Crippen LogP contribution >= 0.6 is 35.3 Å². The fourth-order valence-electron chi connectivity index (χ4n) is 2.47. The van der Waals surface area contributed by atoms with Gasteiger partial charge in [0.15, 0.2) is 5.96 Å². The van der Waals surface area contributed by atoms with Crippen molar-refractivity contribution in [2.75, 3.05) is 19.7 Å². The second-order valence-corrected chi connectivity index (χ2v) is 7.33. The number of hydrogen-bond acceptors (Lipinski definition) is 4. The van der Waals surface area contributed by atoms with Gasteiger partial charge in [-0.25, -0.2) is 9.98 Å². The predicted molar refractivity (Wildman–Crippen MR) is 126 cm³/mol. The maximum Gasteiger partial charge on any atom is 0.411 e. The van der Waals surface area contributed by atoms with Crippen LogP contribution in [0.2, 0.25) is 0 Å². The summed E-state index contributed by atoms with van der Waals surface area (Å²) in [7, 11) is 0. The quantitative estimate of drug-likeness (QED) is 0.253. The Kier molecular flexibility index (Phi) is 12.3. The second kappa shape index (κ2) is 13.8. The number of benzene rings is 1. The molecule has 1 aromatic carbocycles. The number of rotatable bonds is 10. The van der Waals surface area contributed by atoms with Gasteiger partial charge >= 0.3 is 6.18 Å². The van der Waals surface area contributed by atoms with Crippen LogP contribution in [0.4, 0.5) is 13.2 Å². The first-order valence-corrected chi connectivity index (χ1v) is 10.4. The summed E-state index contributed by atoms with van der Waals surface area (Å²) in [6.45, 7) is 4.74. The fraction of sp³-hybridized carbons (Fsp3) is 0.500. The summed E-state index contributed by atoms with van der Waals surface area (Å²) in [4.78, 5) is 9.11. The molecule has 0 saturated carbocycles. The van der Waals surface area contributed by atoms with Crippen LogP contribution in [0, 0.1) is 0 Å². The van der Waals surface area contributed by atoms with Crippen molar-refractivity contribution < 1.29 is 17.9 Å². The number of hydrogen-bond donors (Lipinski definition) is 2. The molecule has 0 amide bonds. The van der Waals surface area contributed by atoms with Gasteiger partial charge < -0.3 is 15.4 Å². The van der Waals surface area contributed by atoms with Crippen molar-refractivity contribution in [2.24, 2.45) is 4.99 Å². The summed E-state index contributed by atoms with van der Waals surface area (Å²) < 4.78 is 41.0. The normalized spacial score (nSPS) is 11.8. The number of aliphatic imine (C=N–C) groups is 1. The third-order valence-electron chi connectivity index (χ3n) is 3.90. The first-order valence-electron chi connectivity index (χ1n) is 9.57. The molecule has 1 aromatic heterocycles. The molecule has 0 spiro atoms. The van der Waals surface area contributed by atoms with Gasteiger partial charge in [0.05, 0.1) is 23.9 Å². The van der Waals surface area contributed by atoms with Gasteiger partial charge in [0, 0.05) is 24.9 Å². The van der Waals surface area contributed by atoms with Crippen LogP contribution in [-0.4, -0.2) is 36.8 Å². The molecule has 0 fully saturated rings. The van der Waals surface area contributed by atoms with Gasteiger partial charge in [-0.3, -0.25) is 0 Å². The van der Waals surface area contributed by atoms with E-state index in [1.807, 2.05) is 19.1 Å². The molecule has 2 rings (SSSR count). The highest BCUT2D eigenvalue weighted by Crippen LogP contribution is 2.16. The lowest BCUT2D eigenvalue weighted by Crippen LogP contribution is -2.38. The summed E-state index contributed by atoms with van der Waals surface area (Å²) in [5.74, 6) is 0.719. The standard InChI is InChI=1S/C20H27F3N4OS.HI/c1-3-18-27-17(13-29-18)9-10-25-19(24-4-2)26-11-15-5-7-16(8-6-15)12-28-14-20(21,22)23;/h5-8,13H,3-4,9-12,14H2,1-2H3,(H2,24,25,26);1H. The molecule has 2 N–H and O–H groups in total. The minimum absolute atomic E-state index is 0. The van der Waals surface area contributed by atoms with Gasteiger partial charge in [0.1, 0.15) is 6.61 Å². The number of halogens is 4. The van der Waals surface area contributed by atoms with E-state index >= 15 is 0 Å². The number of nitrogens with one attached hydrogen (secondary N) is 2. The Labute approximate surface area is 196 Å². The van der Waals surface area contributed by atoms with Gasteiger partial charge in [-0.1, -0.05) is 31.2 Å². The van der Waals surface area contributed by atoms with Crippen molar-refractivity contribution in [3.05, 3.63) is 51.5 Å². The third-order valence-corrected chi connectivity index (χ3v) is 4.94. The van der Waals surface area contributed by atoms with Gasteiger partial charge in [-0.05, 0) is 24.5 Å². The van der Waals surface area contributed by atoms with Crippen LogP contribution in [0.25, 0.3) is 0 Å². The number of alkyl halides is 3. The lowest BCUT2D eigenvalue weighted by molar-refractivity contribution is -0.176. The van der Waals surface area contributed by atoms with E-state index < -0.39 is 12.8 Å². The number of ether oxygens (including phenoxy) is 1. The molecule has 30 heavy (non-hydrogen) atoms. The minimum Gasteiger partial charge on any atom is -0.367 e. The molecule has 0 aliphatic rings. The minimum atomic E-state index is -4.30. The molecule has 10 heteroatoms. The highest BCUT2D eigenvalue weighted by Gasteiger charge is 2.27. The molecular formula is C20H28F3IN4OS.